The zero-order chi connectivity index (χ0) is 9.97. The quantitative estimate of drug-likeness (QED) is 0.714. The van der Waals surface area contributed by atoms with Crippen LogP contribution in [0.1, 0.15) is 32.1 Å². The molecule has 1 atom stereocenters. The van der Waals surface area contributed by atoms with Crippen molar-refractivity contribution in [1.82, 2.24) is 10.2 Å². The monoisotopic (exact) mass is 196 g/mol. The van der Waals surface area contributed by atoms with E-state index in [4.69, 9.17) is 0 Å². The molecule has 1 saturated carbocycles. The summed E-state index contributed by atoms with van der Waals surface area (Å²) in [6.45, 7) is 1.97. The smallest absolute Gasteiger partial charge is 0.226 e. The Morgan fingerprint density at radius 1 is 1.29 bits per heavy atom. The molecule has 2 aliphatic rings. The van der Waals surface area contributed by atoms with Crippen LogP contribution in [0, 0.1) is 5.92 Å². The number of rotatable bonds is 2. The number of nitrogens with one attached hydrogen (secondary N) is 1. The maximum Gasteiger partial charge on any atom is 0.226 e. The highest BCUT2D eigenvalue weighted by atomic mass is 16.2. The van der Waals surface area contributed by atoms with Gasteiger partial charge in [0.2, 0.25) is 5.91 Å². The van der Waals surface area contributed by atoms with Crippen molar-refractivity contribution in [2.75, 3.05) is 20.1 Å². The van der Waals surface area contributed by atoms with Gasteiger partial charge in [0.05, 0.1) is 5.92 Å². The Hall–Kier alpha value is -0.570. The van der Waals surface area contributed by atoms with Crippen LogP contribution >= 0.6 is 0 Å². The lowest BCUT2D eigenvalue weighted by atomic mass is 9.90. The van der Waals surface area contributed by atoms with Gasteiger partial charge in [-0.05, 0) is 38.6 Å². The molecule has 3 nitrogen and oxygen atoms in total. The van der Waals surface area contributed by atoms with Gasteiger partial charge in [-0.15, -0.1) is 0 Å². The van der Waals surface area contributed by atoms with Crippen molar-refractivity contribution < 1.29 is 4.79 Å². The third kappa shape index (κ3) is 1.92. The van der Waals surface area contributed by atoms with Crippen LogP contribution in [0.3, 0.4) is 0 Å². The zero-order valence-electron chi connectivity index (χ0n) is 8.96. The van der Waals surface area contributed by atoms with Crippen LogP contribution in [0.2, 0.25) is 0 Å². The van der Waals surface area contributed by atoms with Gasteiger partial charge in [0.15, 0.2) is 0 Å². The predicted octanol–water partition coefficient (Wildman–Crippen LogP) is 0.997. The molecule has 1 heterocycles. The summed E-state index contributed by atoms with van der Waals surface area (Å²) in [5.74, 6) is 0.608. The van der Waals surface area contributed by atoms with Gasteiger partial charge in [0, 0.05) is 19.6 Å². The highest BCUT2D eigenvalue weighted by molar-refractivity contribution is 5.79. The molecule has 14 heavy (non-hydrogen) atoms. The van der Waals surface area contributed by atoms with Gasteiger partial charge in [-0.25, -0.2) is 0 Å². The molecule has 0 bridgehead atoms. The molecule has 80 valence electrons. The minimum Gasteiger partial charge on any atom is -0.342 e. The summed E-state index contributed by atoms with van der Waals surface area (Å²) < 4.78 is 0. The third-order valence-corrected chi connectivity index (χ3v) is 3.62. The Kier molecular flexibility index (Phi) is 3.06. The summed E-state index contributed by atoms with van der Waals surface area (Å²) in [7, 11) is 1.97. The summed E-state index contributed by atoms with van der Waals surface area (Å²) in [6.07, 6.45) is 5.94. The molecule has 1 aliphatic heterocycles. The van der Waals surface area contributed by atoms with Crippen molar-refractivity contribution in [1.29, 1.82) is 0 Å². The number of carbonyl (C=O) groups is 1. The summed E-state index contributed by atoms with van der Waals surface area (Å²) in [5, 5.41) is 3.30. The molecule has 3 heteroatoms. The number of piperidine rings is 1. The summed E-state index contributed by atoms with van der Waals surface area (Å²) in [6, 6.07) is 0.546. The maximum absolute atomic E-state index is 12.0. The molecule has 1 amide bonds. The SMILES string of the molecule is CN(C(=O)[C@@H]1CCCNC1)C1CCC1. The minimum atomic E-state index is 0.245. The van der Waals surface area contributed by atoms with Gasteiger partial charge in [-0.1, -0.05) is 0 Å². The highest BCUT2D eigenvalue weighted by Crippen LogP contribution is 2.25. The summed E-state index contributed by atoms with van der Waals surface area (Å²) in [5.41, 5.74) is 0. The largest absolute Gasteiger partial charge is 0.342 e. The van der Waals surface area contributed by atoms with Crippen LogP contribution in [0.5, 0.6) is 0 Å². The number of nitrogens with zero attached hydrogens (tertiary/aromatic N) is 1. The summed E-state index contributed by atoms with van der Waals surface area (Å²) >= 11 is 0. The number of carbonyl (C=O) groups excluding carboxylic acids is 1. The molecule has 1 saturated heterocycles. The minimum absolute atomic E-state index is 0.245. The second-order valence-electron chi connectivity index (χ2n) is 4.58. The van der Waals surface area contributed by atoms with E-state index in [0.29, 0.717) is 11.9 Å². The number of hydrogen-bond donors (Lipinski definition) is 1. The van der Waals surface area contributed by atoms with Gasteiger partial charge in [-0.3, -0.25) is 4.79 Å². The molecule has 2 fully saturated rings. The fourth-order valence-electron chi connectivity index (χ4n) is 2.30. The van der Waals surface area contributed by atoms with Crippen molar-refractivity contribution in [2.24, 2.45) is 5.92 Å². The van der Waals surface area contributed by atoms with Gasteiger partial charge in [-0.2, -0.15) is 0 Å². The van der Waals surface area contributed by atoms with Crippen LogP contribution in [0.4, 0.5) is 0 Å². The standard InChI is InChI=1S/C11H20N2O/c1-13(10-5-2-6-10)11(14)9-4-3-7-12-8-9/h9-10,12H,2-8H2,1H3/t9-/m1/s1. The Labute approximate surface area is 85.8 Å². The van der Waals surface area contributed by atoms with Crippen LogP contribution in [0.15, 0.2) is 0 Å². The molecule has 0 radical (unpaired) electrons. The lowest BCUT2D eigenvalue weighted by Gasteiger charge is -2.37. The van der Waals surface area contributed by atoms with Crippen LogP contribution < -0.4 is 5.32 Å². The lowest BCUT2D eigenvalue weighted by Crippen LogP contribution is -2.47. The van der Waals surface area contributed by atoms with Gasteiger partial charge in [0.1, 0.15) is 0 Å². The predicted molar refractivity (Wildman–Crippen MR) is 56.0 cm³/mol. The first kappa shape index (κ1) is 9.97. The maximum atomic E-state index is 12.0. The first-order valence-electron chi connectivity index (χ1n) is 5.76. The molecular formula is C11H20N2O. The van der Waals surface area contributed by atoms with E-state index in [1.807, 2.05) is 11.9 Å². The van der Waals surface area contributed by atoms with Crippen molar-refractivity contribution in [3.63, 3.8) is 0 Å². The molecule has 0 aromatic heterocycles. The number of hydrogen-bond acceptors (Lipinski definition) is 2. The fraction of sp³-hybridized carbons (Fsp3) is 0.909. The van der Waals surface area contributed by atoms with Crippen molar-refractivity contribution in [2.45, 2.75) is 38.1 Å². The van der Waals surface area contributed by atoms with E-state index in [0.717, 1.165) is 25.9 Å². The Balaban J connectivity index is 1.85. The van der Waals surface area contributed by atoms with Gasteiger partial charge >= 0.3 is 0 Å². The van der Waals surface area contributed by atoms with E-state index in [2.05, 4.69) is 5.32 Å². The number of amides is 1. The van der Waals surface area contributed by atoms with Crippen LogP contribution in [-0.2, 0) is 4.79 Å². The second kappa shape index (κ2) is 4.30. The molecule has 1 aliphatic carbocycles. The average Bonchev–Trinajstić information content (AvgIpc) is 2.15. The van der Waals surface area contributed by atoms with Crippen molar-refractivity contribution >= 4 is 5.91 Å². The van der Waals surface area contributed by atoms with Crippen molar-refractivity contribution in [3.05, 3.63) is 0 Å². The molecule has 0 spiro atoms. The van der Waals surface area contributed by atoms with E-state index < -0.39 is 0 Å². The van der Waals surface area contributed by atoms with E-state index in [-0.39, 0.29) is 5.92 Å². The molecule has 1 N–H and O–H groups in total. The molecule has 2 rings (SSSR count). The normalized spacial score (nSPS) is 28.2. The molecule has 0 aromatic carbocycles. The van der Waals surface area contributed by atoms with Crippen molar-refractivity contribution in [3.8, 4) is 0 Å². The van der Waals surface area contributed by atoms with Gasteiger partial charge in [0.25, 0.3) is 0 Å². The lowest BCUT2D eigenvalue weighted by molar-refractivity contribution is -0.138. The zero-order valence-corrected chi connectivity index (χ0v) is 8.96. The fourth-order valence-corrected chi connectivity index (χ4v) is 2.30. The van der Waals surface area contributed by atoms with Crippen LogP contribution in [-0.4, -0.2) is 37.0 Å². The van der Waals surface area contributed by atoms with E-state index in [9.17, 15) is 4.79 Å². The van der Waals surface area contributed by atoms with Crippen LogP contribution in [0.25, 0.3) is 0 Å². The van der Waals surface area contributed by atoms with E-state index >= 15 is 0 Å². The molecule has 0 unspecified atom stereocenters. The Bertz CT molecular complexity index is 203. The Morgan fingerprint density at radius 3 is 2.57 bits per heavy atom. The topological polar surface area (TPSA) is 32.3 Å². The Morgan fingerprint density at radius 2 is 2.07 bits per heavy atom. The summed E-state index contributed by atoms with van der Waals surface area (Å²) in [4.78, 5) is 14.0. The average molecular weight is 196 g/mol. The molecular weight excluding hydrogens is 176 g/mol. The first-order chi connectivity index (χ1) is 6.79. The highest BCUT2D eigenvalue weighted by Gasteiger charge is 2.30. The molecule has 0 aromatic rings. The van der Waals surface area contributed by atoms with E-state index in [1.165, 1.54) is 19.3 Å². The first-order valence-corrected chi connectivity index (χ1v) is 5.76. The van der Waals surface area contributed by atoms with E-state index in [1.54, 1.807) is 0 Å². The third-order valence-electron chi connectivity index (χ3n) is 3.62. The van der Waals surface area contributed by atoms with Gasteiger partial charge < -0.3 is 10.2 Å². The second-order valence-corrected chi connectivity index (χ2v) is 4.58.